The molecule has 2 atom stereocenters. The van der Waals surface area contributed by atoms with Crippen LogP contribution in [0.5, 0.6) is 5.88 Å². The number of ether oxygens (including phenoxy) is 1. The Labute approximate surface area is 190 Å². The number of nitrogens with one attached hydrogen (secondary N) is 1. The van der Waals surface area contributed by atoms with Crippen molar-refractivity contribution in [3.63, 3.8) is 0 Å². The second-order valence-corrected chi connectivity index (χ2v) is 9.35. The minimum Gasteiger partial charge on any atom is -0.472 e. The predicted molar refractivity (Wildman–Crippen MR) is 129 cm³/mol. The molecule has 1 saturated heterocycles. The SMILES string of the molecule is CCCN1CC(Oc2ccc([C@@H]3c4[nH]c5ccccc5c4C[C@@H](C)N3C3=C=CC3)cn2)C1.[HH]. The topological polar surface area (TPSA) is 44.4 Å². The fourth-order valence-corrected chi connectivity index (χ4v) is 5.47. The van der Waals surface area contributed by atoms with Gasteiger partial charge in [0.05, 0.1) is 11.7 Å². The van der Waals surface area contributed by atoms with Crippen LogP contribution in [-0.2, 0) is 6.42 Å². The van der Waals surface area contributed by atoms with E-state index >= 15 is 0 Å². The molecule has 5 nitrogen and oxygen atoms in total. The fraction of sp³-hybridized carbons (Fsp3) is 0.407. The molecule has 3 aromatic rings. The van der Waals surface area contributed by atoms with Crippen LogP contribution < -0.4 is 4.74 Å². The number of H-pyrrole nitrogens is 1. The molecule has 5 heteroatoms. The third-order valence-electron chi connectivity index (χ3n) is 7.07. The van der Waals surface area contributed by atoms with Gasteiger partial charge >= 0.3 is 0 Å². The number of aromatic nitrogens is 2. The number of hydrogen-bond donors (Lipinski definition) is 1. The third kappa shape index (κ3) is 3.24. The van der Waals surface area contributed by atoms with Crippen LogP contribution in [0, 0.1) is 0 Å². The Balaban J connectivity index is 0.00000228. The van der Waals surface area contributed by atoms with Crippen LogP contribution in [0.2, 0.25) is 0 Å². The van der Waals surface area contributed by atoms with Crippen LogP contribution in [0.4, 0.5) is 0 Å². The van der Waals surface area contributed by atoms with Crippen molar-refractivity contribution in [3.05, 3.63) is 76.9 Å². The molecule has 0 spiro atoms. The summed E-state index contributed by atoms with van der Waals surface area (Å²) < 4.78 is 6.12. The van der Waals surface area contributed by atoms with Gasteiger partial charge in [0.25, 0.3) is 0 Å². The normalized spacial score (nSPS) is 22.9. The molecule has 4 heterocycles. The largest absolute Gasteiger partial charge is 0.472 e. The van der Waals surface area contributed by atoms with Crippen LogP contribution in [0.25, 0.3) is 10.9 Å². The molecule has 0 amide bonds. The summed E-state index contributed by atoms with van der Waals surface area (Å²) >= 11 is 0. The first kappa shape index (κ1) is 19.7. The quantitative estimate of drug-likeness (QED) is 0.558. The van der Waals surface area contributed by atoms with Crippen molar-refractivity contribution in [2.24, 2.45) is 0 Å². The van der Waals surface area contributed by atoms with Crippen molar-refractivity contribution in [2.75, 3.05) is 19.6 Å². The lowest BCUT2D eigenvalue weighted by Gasteiger charge is -2.44. The molecule has 3 aliphatic rings. The van der Waals surface area contributed by atoms with Gasteiger partial charge in [-0.05, 0) is 55.6 Å². The Bertz CT molecular complexity index is 1200. The van der Waals surface area contributed by atoms with E-state index in [9.17, 15) is 0 Å². The van der Waals surface area contributed by atoms with Crippen molar-refractivity contribution in [2.45, 2.75) is 51.3 Å². The van der Waals surface area contributed by atoms with E-state index in [-0.39, 0.29) is 13.6 Å². The number of pyridine rings is 1. The van der Waals surface area contributed by atoms with Gasteiger partial charge in [-0.15, -0.1) is 5.73 Å². The number of fused-ring (bicyclic) bond motifs is 3. The summed E-state index contributed by atoms with van der Waals surface area (Å²) in [5.41, 5.74) is 9.85. The van der Waals surface area contributed by atoms with Crippen LogP contribution in [-0.4, -0.2) is 51.5 Å². The highest BCUT2D eigenvalue weighted by Gasteiger charge is 2.37. The van der Waals surface area contributed by atoms with E-state index in [4.69, 9.17) is 9.72 Å². The molecule has 0 bridgehead atoms. The first-order valence-electron chi connectivity index (χ1n) is 11.9. The zero-order chi connectivity index (χ0) is 21.7. The van der Waals surface area contributed by atoms with Crippen molar-refractivity contribution in [1.82, 2.24) is 19.8 Å². The van der Waals surface area contributed by atoms with E-state index in [1.165, 1.54) is 39.8 Å². The Hall–Kier alpha value is -3.01. The molecule has 6 rings (SSSR count). The number of benzene rings is 1. The summed E-state index contributed by atoms with van der Waals surface area (Å²) in [7, 11) is 0. The van der Waals surface area contributed by atoms with Crippen molar-refractivity contribution < 1.29 is 6.16 Å². The molecule has 2 aromatic heterocycles. The maximum atomic E-state index is 6.12. The zero-order valence-electron chi connectivity index (χ0n) is 18.8. The maximum Gasteiger partial charge on any atom is 0.213 e. The van der Waals surface area contributed by atoms with Crippen LogP contribution in [0.3, 0.4) is 0 Å². The molecule has 0 saturated carbocycles. The average molecular weight is 429 g/mol. The van der Waals surface area contributed by atoms with E-state index in [0.717, 1.165) is 38.4 Å². The van der Waals surface area contributed by atoms with Crippen molar-refractivity contribution >= 4 is 10.9 Å². The summed E-state index contributed by atoms with van der Waals surface area (Å²) in [5, 5.41) is 1.34. The molecule has 1 aromatic carbocycles. The fourth-order valence-electron chi connectivity index (χ4n) is 5.47. The molecule has 2 aliphatic heterocycles. The molecule has 1 fully saturated rings. The Morgan fingerprint density at radius 1 is 1.22 bits per heavy atom. The van der Waals surface area contributed by atoms with E-state index in [1.807, 2.05) is 12.3 Å². The van der Waals surface area contributed by atoms with E-state index < -0.39 is 0 Å². The molecular formula is C27H32N4O. The van der Waals surface area contributed by atoms with Crippen LogP contribution in [0.15, 0.2) is 60.1 Å². The van der Waals surface area contributed by atoms with Gasteiger partial charge in [-0.1, -0.05) is 25.1 Å². The van der Waals surface area contributed by atoms with Crippen molar-refractivity contribution in [1.29, 1.82) is 0 Å². The maximum absolute atomic E-state index is 6.12. The smallest absolute Gasteiger partial charge is 0.213 e. The standard InChI is InChI=1S/C27H30N4O.H2/c1-3-13-30-16-21(17-30)32-25-12-11-19(15-28-25)27-26-23(22-9-4-5-10-24(22)29-26)14-18(2)31(27)20-7-6-8-20;/h4-6,9-12,15,18,21,27,29H,3,7,13-14,16-17H2,1-2H3;1H/t18-,27-;/m1./s1. The minimum atomic E-state index is 0. The van der Waals surface area contributed by atoms with Gasteiger partial charge in [0, 0.05) is 55.8 Å². The van der Waals surface area contributed by atoms with Crippen molar-refractivity contribution in [3.8, 4) is 5.88 Å². The number of nitrogens with zero attached hydrogens (tertiary/aromatic N) is 3. The summed E-state index contributed by atoms with van der Waals surface area (Å²) in [6.07, 6.45) is 7.60. The average Bonchev–Trinajstić information content (AvgIpc) is 3.10. The highest BCUT2D eigenvalue weighted by atomic mass is 16.5. The lowest BCUT2D eigenvalue weighted by atomic mass is 9.87. The monoisotopic (exact) mass is 428 g/mol. The third-order valence-corrected chi connectivity index (χ3v) is 7.07. The highest BCUT2D eigenvalue weighted by Crippen LogP contribution is 2.43. The number of para-hydroxylation sites is 1. The van der Waals surface area contributed by atoms with Gasteiger partial charge in [-0.2, -0.15) is 0 Å². The second-order valence-electron chi connectivity index (χ2n) is 9.35. The van der Waals surface area contributed by atoms with E-state index in [2.05, 4.69) is 70.8 Å². The van der Waals surface area contributed by atoms with Crippen LogP contribution >= 0.6 is 0 Å². The summed E-state index contributed by atoms with van der Waals surface area (Å²) in [5.74, 6) is 0.727. The van der Waals surface area contributed by atoms with Gasteiger partial charge in [-0.3, -0.25) is 4.90 Å². The Morgan fingerprint density at radius 3 is 2.78 bits per heavy atom. The number of aromatic amines is 1. The minimum absolute atomic E-state index is 0. The number of rotatable bonds is 6. The van der Waals surface area contributed by atoms with Gasteiger partial charge < -0.3 is 14.6 Å². The lowest BCUT2D eigenvalue weighted by Crippen LogP contribution is -2.53. The van der Waals surface area contributed by atoms with Gasteiger partial charge in [0.2, 0.25) is 5.88 Å². The molecule has 1 aliphatic carbocycles. The summed E-state index contributed by atoms with van der Waals surface area (Å²) in [4.78, 5) is 13.4. The van der Waals surface area contributed by atoms with Gasteiger partial charge in [0.1, 0.15) is 6.10 Å². The molecule has 0 unspecified atom stereocenters. The highest BCUT2D eigenvalue weighted by molar-refractivity contribution is 5.85. The van der Waals surface area contributed by atoms with Crippen LogP contribution in [0.1, 0.15) is 51.0 Å². The molecule has 32 heavy (non-hydrogen) atoms. The summed E-state index contributed by atoms with van der Waals surface area (Å²) in [6, 6.07) is 13.4. The van der Waals surface area contributed by atoms with E-state index in [1.54, 1.807) is 0 Å². The first-order chi connectivity index (χ1) is 15.7. The number of hydrogen-bond acceptors (Lipinski definition) is 4. The zero-order valence-corrected chi connectivity index (χ0v) is 18.8. The molecule has 166 valence electrons. The Kier molecular flexibility index (Phi) is 4.82. The lowest BCUT2D eigenvalue weighted by molar-refractivity contribution is 0.0174. The predicted octanol–water partition coefficient (Wildman–Crippen LogP) is 5.06. The molecule has 0 radical (unpaired) electrons. The van der Waals surface area contributed by atoms with E-state index in [0.29, 0.717) is 6.04 Å². The summed E-state index contributed by atoms with van der Waals surface area (Å²) in [6.45, 7) is 7.71. The van der Waals surface area contributed by atoms with Gasteiger partial charge in [0.15, 0.2) is 0 Å². The number of likely N-dealkylation sites (tertiary alicyclic amines) is 1. The molecule has 1 N–H and O–H groups in total. The Morgan fingerprint density at radius 2 is 2.06 bits per heavy atom. The second kappa shape index (κ2) is 7.84. The first-order valence-corrected chi connectivity index (χ1v) is 11.9. The van der Waals surface area contributed by atoms with Gasteiger partial charge in [-0.25, -0.2) is 4.98 Å². The molecular weight excluding hydrogens is 396 g/mol.